The zero-order chi connectivity index (χ0) is 19.8. The van der Waals surface area contributed by atoms with Crippen molar-refractivity contribution in [3.05, 3.63) is 70.8 Å². The first-order chi connectivity index (χ1) is 13.0. The van der Waals surface area contributed by atoms with Gasteiger partial charge in [0.15, 0.2) is 0 Å². The van der Waals surface area contributed by atoms with Gasteiger partial charge in [-0.15, -0.1) is 0 Å². The molecule has 0 radical (unpaired) electrons. The molecule has 0 atom stereocenters. The molecule has 1 heterocycles. The van der Waals surface area contributed by atoms with E-state index >= 15 is 0 Å². The molecule has 3 rings (SSSR count). The van der Waals surface area contributed by atoms with Crippen LogP contribution in [0.2, 0.25) is 0 Å². The second-order valence-electron chi connectivity index (χ2n) is 6.86. The Bertz CT molecular complexity index is 806. The summed E-state index contributed by atoms with van der Waals surface area (Å²) < 4.78 is 6.06. The minimum atomic E-state index is 0.174. The standard InChI is InChI=1S/C22H25NO2.C2H6/c1-16(24)13-17-10-11-22-21(14-17)20(9-6-12-23(2)3)19-8-5-4-7-18(19)15-25-22;1-2/h4-5,7-11,14H,6,12-13,15H2,1-3H3;1-2H3/b20-9-;. The van der Waals surface area contributed by atoms with Crippen molar-refractivity contribution in [2.75, 3.05) is 20.6 Å². The van der Waals surface area contributed by atoms with Crippen LogP contribution >= 0.6 is 0 Å². The normalized spacial score (nSPS) is 13.8. The van der Waals surface area contributed by atoms with Gasteiger partial charge in [0.2, 0.25) is 0 Å². The predicted octanol–water partition coefficient (Wildman–Crippen LogP) is 5.12. The monoisotopic (exact) mass is 365 g/mol. The van der Waals surface area contributed by atoms with Crippen molar-refractivity contribution in [1.82, 2.24) is 4.90 Å². The largest absolute Gasteiger partial charge is 0.488 e. The lowest BCUT2D eigenvalue weighted by atomic mass is 9.92. The van der Waals surface area contributed by atoms with Gasteiger partial charge in [-0.2, -0.15) is 0 Å². The van der Waals surface area contributed by atoms with E-state index in [0.717, 1.165) is 29.8 Å². The Morgan fingerprint density at radius 1 is 1.11 bits per heavy atom. The van der Waals surface area contributed by atoms with Crippen molar-refractivity contribution in [1.29, 1.82) is 0 Å². The zero-order valence-corrected chi connectivity index (χ0v) is 17.2. The van der Waals surface area contributed by atoms with E-state index in [2.05, 4.69) is 55.4 Å². The number of carbonyl (C=O) groups is 1. The van der Waals surface area contributed by atoms with Gasteiger partial charge in [0.05, 0.1) is 0 Å². The summed E-state index contributed by atoms with van der Waals surface area (Å²) in [5.74, 6) is 1.06. The molecular formula is C24H31NO2. The van der Waals surface area contributed by atoms with Crippen molar-refractivity contribution in [2.24, 2.45) is 0 Å². The van der Waals surface area contributed by atoms with Crippen LogP contribution < -0.4 is 4.74 Å². The Kier molecular flexibility index (Phi) is 7.81. The Labute approximate surface area is 163 Å². The minimum Gasteiger partial charge on any atom is -0.488 e. The second-order valence-corrected chi connectivity index (χ2v) is 6.86. The van der Waals surface area contributed by atoms with E-state index in [0.29, 0.717) is 13.0 Å². The molecule has 0 N–H and O–H groups in total. The molecule has 0 bridgehead atoms. The smallest absolute Gasteiger partial charge is 0.134 e. The van der Waals surface area contributed by atoms with Gasteiger partial charge in [0.25, 0.3) is 0 Å². The molecule has 0 amide bonds. The highest BCUT2D eigenvalue weighted by Crippen LogP contribution is 2.37. The molecule has 0 unspecified atom stereocenters. The Balaban J connectivity index is 0.00000126. The SMILES string of the molecule is CC.CC(=O)Cc1ccc2c(c1)/C(=C\CCN(C)C)c1ccccc1CO2. The van der Waals surface area contributed by atoms with Crippen LogP contribution in [-0.4, -0.2) is 31.3 Å². The van der Waals surface area contributed by atoms with E-state index in [-0.39, 0.29) is 5.78 Å². The zero-order valence-electron chi connectivity index (χ0n) is 17.2. The maximum atomic E-state index is 11.5. The third-order valence-electron chi connectivity index (χ3n) is 4.40. The number of nitrogens with zero attached hydrogens (tertiary/aromatic N) is 1. The average molecular weight is 366 g/mol. The van der Waals surface area contributed by atoms with Crippen LogP contribution in [0.4, 0.5) is 0 Å². The van der Waals surface area contributed by atoms with Gasteiger partial charge < -0.3 is 9.64 Å². The summed E-state index contributed by atoms with van der Waals surface area (Å²) >= 11 is 0. The van der Waals surface area contributed by atoms with Crippen LogP contribution in [0.3, 0.4) is 0 Å². The Morgan fingerprint density at radius 3 is 2.56 bits per heavy atom. The summed E-state index contributed by atoms with van der Waals surface area (Å²) in [7, 11) is 4.17. The van der Waals surface area contributed by atoms with Crippen molar-refractivity contribution in [3.63, 3.8) is 0 Å². The first-order valence-corrected chi connectivity index (χ1v) is 9.73. The highest BCUT2D eigenvalue weighted by molar-refractivity contribution is 5.86. The number of ether oxygens (including phenoxy) is 1. The van der Waals surface area contributed by atoms with Crippen LogP contribution in [0.5, 0.6) is 5.75 Å². The molecule has 1 aliphatic rings. The van der Waals surface area contributed by atoms with Gasteiger partial charge in [-0.3, -0.25) is 4.79 Å². The maximum Gasteiger partial charge on any atom is 0.134 e. The van der Waals surface area contributed by atoms with Gasteiger partial charge in [-0.1, -0.05) is 50.3 Å². The minimum absolute atomic E-state index is 0.174. The molecular weight excluding hydrogens is 334 g/mol. The van der Waals surface area contributed by atoms with Crippen LogP contribution in [-0.2, 0) is 17.8 Å². The van der Waals surface area contributed by atoms with Gasteiger partial charge in [0.1, 0.15) is 18.1 Å². The molecule has 3 heteroatoms. The number of ketones is 1. The number of carbonyl (C=O) groups excluding carboxylic acids is 1. The molecule has 0 aromatic heterocycles. The Morgan fingerprint density at radius 2 is 1.85 bits per heavy atom. The Hall–Kier alpha value is -2.39. The number of hydrogen-bond acceptors (Lipinski definition) is 3. The lowest BCUT2D eigenvalue weighted by Crippen LogP contribution is -2.12. The molecule has 144 valence electrons. The molecule has 0 aliphatic carbocycles. The summed E-state index contributed by atoms with van der Waals surface area (Å²) in [5, 5.41) is 0. The van der Waals surface area contributed by atoms with Gasteiger partial charge in [0, 0.05) is 18.5 Å². The van der Waals surface area contributed by atoms with Crippen molar-refractivity contribution in [2.45, 2.75) is 40.2 Å². The summed E-state index contributed by atoms with van der Waals surface area (Å²) in [6.07, 6.45) is 3.72. The lowest BCUT2D eigenvalue weighted by Gasteiger charge is -2.13. The predicted molar refractivity (Wildman–Crippen MR) is 113 cm³/mol. The van der Waals surface area contributed by atoms with Gasteiger partial charge >= 0.3 is 0 Å². The molecule has 3 nitrogen and oxygen atoms in total. The molecule has 27 heavy (non-hydrogen) atoms. The fraction of sp³-hybridized carbons (Fsp3) is 0.375. The average Bonchev–Trinajstić information content (AvgIpc) is 2.80. The number of Topliss-reactive ketones (excluding diaryl/α,β-unsaturated/α-hetero) is 1. The van der Waals surface area contributed by atoms with Crippen LogP contribution in [0.15, 0.2) is 48.5 Å². The molecule has 2 aromatic carbocycles. The first-order valence-electron chi connectivity index (χ1n) is 9.73. The third-order valence-corrected chi connectivity index (χ3v) is 4.40. The summed E-state index contributed by atoms with van der Waals surface area (Å²) in [6.45, 7) is 7.19. The summed E-state index contributed by atoms with van der Waals surface area (Å²) in [5.41, 5.74) is 5.74. The highest BCUT2D eigenvalue weighted by Gasteiger charge is 2.19. The quantitative estimate of drug-likeness (QED) is 0.736. The van der Waals surface area contributed by atoms with Crippen LogP contribution in [0.25, 0.3) is 5.57 Å². The second kappa shape index (κ2) is 10.1. The van der Waals surface area contributed by atoms with Crippen molar-refractivity contribution >= 4 is 11.4 Å². The number of rotatable bonds is 5. The molecule has 0 saturated carbocycles. The number of fused-ring (bicyclic) bond motifs is 2. The molecule has 0 saturated heterocycles. The summed E-state index contributed by atoms with van der Waals surface area (Å²) in [4.78, 5) is 13.7. The number of hydrogen-bond donors (Lipinski definition) is 0. The molecule has 0 fully saturated rings. The highest BCUT2D eigenvalue weighted by atomic mass is 16.5. The van der Waals surface area contributed by atoms with Crippen molar-refractivity contribution < 1.29 is 9.53 Å². The first kappa shape index (κ1) is 20.9. The molecule has 1 aliphatic heterocycles. The van der Waals surface area contributed by atoms with Crippen LogP contribution in [0, 0.1) is 0 Å². The maximum absolute atomic E-state index is 11.5. The van der Waals surface area contributed by atoms with E-state index in [4.69, 9.17) is 4.74 Å². The van der Waals surface area contributed by atoms with Gasteiger partial charge in [-0.25, -0.2) is 0 Å². The lowest BCUT2D eigenvalue weighted by molar-refractivity contribution is -0.116. The molecule has 0 spiro atoms. The van der Waals surface area contributed by atoms with E-state index in [9.17, 15) is 4.79 Å². The van der Waals surface area contributed by atoms with Crippen LogP contribution in [0.1, 0.15) is 49.4 Å². The fourth-order valence-corrected chi connectivity index (χ4v) is 3.21. The topological polar surface area (TPSA) is 29.5 Å². The van der Waals surface area contributed by atoms with E-state index in [1.54, 1.807) is 6.92 Å². The third kappa shape index (κ3) is 5.54. The fourth-order valence-electron chi connectivity index (χ4n) is 3.21. The van der Waals surface area contributed by atoms with Crippen molar-refractivity contribution in [3.8, 4) is 5.75 Å². The van der Waals surface area contributed by atoms with E-state index in [1.165, 1.54) is 16.7 Å². The van der Waals surface area contributed by atoms with E-state index in [1.807, 2.05) is 26.0 Å². The van der Waals surface area contributed by atoms with Gasteiger partial charge in [-0.05, 0) is 61.8 Å². The molecule has 2 aromatic rings. The van der Waals surface area contributed by atoms with E-state index < -0.39 is 0 Å². The summed E-state index contributed by atoms with van der Waals surface area (Å²) in [6, 6.07) is 14.5. The number of benzene rings is 2.